The van der Waals surface area contributed by atoms with Crippen molar-refractivity contribution in [1.29, 1.82) is 0 Å². The average Bonchev–Trinajstić information content (AvgIpc) is 2.90. The van der Waals surface area contributed by atoms with Crippen LogP contribution in [0.4, 0.5) is 0 Å². The molecule has 0 aromatic heterocycles. The van der Waals surface area contributed by atoms with Crippen LogP contribution in [0.5, 0.6) is 0 Å². The summed E-state index contributed by atoms with van der Waals surface area (Å²) in [5, 5.41) is 0. The molecule has 1 saturated heterocycles. The fraction of sp³-hybridized carbons (Fsp3) is 1.00. The van der Waals surface area contributed by atoms with Gasteiger partial charge in [-0.05, 0) is 50.1 Å². The van der Waals surface area contributed by atoms with Gasteiger partial charge in [0, 0.05) is 13.1 Å². The molecule has 94 valence electrons. The van der Waals surface area contributed by atoms with Crippen LogP contribution in [0.3, 0.4) is 0 Å². The molecule has 16 heavy (non-hydrogen) atoms. The van der Waals surface area contributed by atoms with E-state index in [4.69, 9.17) is 5.73 Å². The van der Waals surface area contributed by atoms with E-state index in [1.54, 1.807) is 0 Å². The van der Waals surface area contributed by atoms with E-state index in [0.29, 0.717) is 5.41 Å². The molecule has 2 fully saturated rings. The van der Waals surface area contributed by atoms with Gasteiger partial charge in [0.05, 0.1) is 0 Å². The molecule has 1 aliphatic carbocycles. The van der Waals surface area contributed by atoms with Crippen molar-refractivity contribution in [2.45, 2.75) is 51.9 Å². The molecule has 0 aromatic rings. The maximum absolute atomic E-state index is 6.01. The van der Waals surface area contributed by atoms with Gasteiger partial charge in [0.2, 0.25) is 0 Å². The Hall–Kier alpha value is -0.0800. The zero-order chi connectivity index (χ0) is 11.4. The predicted molar refractivity (Wildman–Crippen MR) is 69.4 cm³/mol. The molecule has 2 aliphatic rings. The molecule has 0 spiro atoms. The van der Waals surface area contributed by atoms with Gasteiger partial charge in [0.15, 0.2) is 0 Å². The number of likely N-dealkylation sites (tertiary alicyclic amines) is 1. The third-order valence-corrected chi connectivity index (χ3v) is 4.72. The van der Waals surface area contributed by atoms with E-state index in [2.05, 4.69) is 11.8 Å². The molecule has 1 unspecified atom stereocenters. The number of rotatable bonds is 5. The van der Waals surface area contributed by atoms with Crippen LogP contribution in [-0.4, -0.2) is 31.1 Å². The highest BCUT2D eigenvalue weighted by Crippen LogP contribution is 2.38. The molecule has 1 atom stereocenters. The monoisotopic (exact) mass is 224 g/mol. The Balaban J connectivity index is 1.81. The average molecular weight is 224 g/mol. The highest BCUT2D eigenvalue weighted by atomic mass is 15.2. The molecular weight excluding hydrogens is 196 g/mol. The van der Waals surface area contributed by atoms with E-state index >= 15 is 0 Å². The Morgan fingerprint density at radius 1 is 1.31 bits per heavy atom. The Morgan fingerprint density at radius 3 is 2.69 bits per heavy atom. The first-order chi connectivity index (χ1) is 7.78. The smallest absolute Gasteiger partial charge is 0.00502 e. The van der Waals surface area contributed by atoms with Gasteiger partial charge >= 0.3 is 0 Å². The molecule has 1 saturated carbocycles. The maximum atomic E-state index is 6.01. The van der Waals surface area contributed by atoms with Gasteiger partial charge in [0.25, 0.3) is 0 Å². The zero-order valence-corrected chi connectivity index (χ0v) is 10.9. The van der Waals surface area contributed by atoms with Crippen molar-refractivity contribution in [1.82, 2.24) is 4.90 Å². The first-order valence-electron chi connectivity index (χ1n) is 7.20. The second-order valence-corrected chi connectivity index (χ2v) is 6.09. The largest absolute Gasteiger partial charge is 0.330 e. The van der Waals surface area contributed by atoms with Gasteiger partial charge in [-0.3, -0.25) is 0 Å². The Bertz CT molecular complexity index is 209. The molecule has 0 amide bonds. The van der Waals surface area contributed by atoms with Crippen molar-refractivity contribution in [2.75, 3.05) is 26.2 Å². The molecule has 0 aromatic carbocycles. The van der Waals surface area contributed by atoms with Crippen molar-refractivity contribution < 1.29 is 0 Å². The fourth-order valence-electron chi connectivity index (χ4n) is 3.73. The SMILES string of the molecule is CCCC1CCN(CC2(CN)CCCC2)C1. The number of hydrogen-bond acceptors (Lipinski definition) is 2. The lowest BCUT2D eigenvalue weighted by Gasteiger charge is -2.32. The number of hydrogen-bond donors (Lipinski definition) is 1. The zero-order valence-electron chi connectivity index (χ0n) is 10.9. The molecule has 2 nitrogen and oxygen atoms in total. The summed E-state index contributed by atoms with van der Waals surface area (Å²) in [6.45, 7) is 7.16. The van der Waals surface area contributed by atoms with Crippen molar-refractivity contribution in [2.24, 2.45) is 17.1 Å². The summed E-state index contributed by atoms with van der Waals surface area (Å²) in [7, 11) is 0. The topological polar surface area (TPSA) is 29.3 Å². The van der Waals surface area contributed by atoms with Gasteiger partial charge in [0.1, 0.15) is 0 Å². The number of nitrogens with zero attached hydrogens (tertiary/aromatic N) is 1. The lowest BCUT2D eigenvalue weighted by molar-refractivity contribution is 0.179. The third kappa shape index (κ3) is 2.78. The van der Waals surface area contributed by atoms with Crippen molar-refractivity contribution in [3.05, 3.63) is 0 Å². The Kier molecular flexibility index (Phi) is 4.26. The quantitative estimate of drug-likeness (QED) is 0.778. The van der Waals surface area contributed by atoms with Gasteiger partial charge < -0.3 is 10.6 Å². The Labute approximate surface area is 101 Å². The second kappa shape index (κ2) is 5.50. The summed E-state index contributed by atoms with van der Waals surface area (Å²) in [4.78, 5) is 2.69. The van der Waals surface area contributed by atoms with Crippen LogP contribution in [-0.2, 0) is 0 Å². The van der Waals surface area contributed by atoms with Crippen LogP contribution >= 0.6 is 0 Å². The van der Waals surface area contributed by atoms with Crippen molar-refractivity contribution in [3.8, 4) is 0 Å². The maximum Gasteiger partial charge on any atom is 0.00502 e. The molecule has 1 aliphatic heterocycles. The summed E-state index contributed by atoms with van der Waals surface area (Å²) in [5.74, 6) is 0.973. The summed E-state index contributed by atoms with van der Waals surface area (Å²) in [5.41, 5.74) is 6.50. The highest BCUT2D eigenvalue weighted by molar-refractivity contribution is 4.90. The predicted octanol–water partition coefficient (Wildman–Crippen LogP) is 2.63. The molecule has 2 N–H and O–H groups in total. The van der Waals surface area contributed by atoms with E-state index in [-0.39, 0.29) is 0 Å². The fourth-order valence-corrected chi connectivity index (χ4v) is 3.73. The standard InChI is InChI=1S/C14H28N2/c1-2-5-13-6-9-16(10-13)12-14(11-15)7-3-4-8-14/h13H,2-12,15H2,1H3. The minimum atomic E-state index is 0.487. The third-order valence-electron chi connectivity index (χ3n) is 4.72. The molecule has 1 heterocycles. The summed E-state index contributed by atoms with van der Waals surface area (Å²) >= 11 is 0. The first kappa shape index (κ1) is 12.4. The molecule has 2 heteroatoms. The van der Waals surface area contributed by atoms with Crippen molar-refractivity contribution in [3.63, 3.8) is 0 Å². The van der Waals surface area contributed by atoms with Gasteiger partial charge in [-0.15, -0.1) is 0 Å². The highest BCUT2D eigenvalue weighted by Gasteiger charge is 2.35. The van der Waals surface area contributed by atoms with Crippen LogP contribution in [0.25, 0.3) is 0 Å². The molecular formula is C14H28N2. The van der Waals surface area contributed by atoms with Crippen LogP contribution in [0, 0.1) is 11.3 Å². The molecule has 0 radical (unpaired) electrons. The molecule has 0 bridgehead atoms. The minimum Gasteiger partial charge on any atom is -0.330 e. The van der Waals surface area contributed by atoms with Crippen molar-refractivity contribution >= 4 is 0 Å². The van der Waals surface area contributed by atoms with E-state index in [9.17, 15) is 0 Å². The first-order valence-corrected chi connectivity index (χ1v) is 7.20. The van der Waals surface area contributed by atoms with Crippen LogP contribution in [0.15, 0.2) is 0 Å². The normalized spacial score (nSPS) is 30.0. The van der Waals surface area contributed by atoms with Gasteiger partial charge in [-0.2, -0.15) is 0 Å². The van der Waals surface area contributed by atoms with E-state index in [1.807, 2.05) is 0 Å². The summed E-state index contributed by atoms with van der Waals surface area (Å²) in [6, 6.07) is 0. The van der Waals surface area contributed by atoms with Gasteiger partial charge in [-0.25, -0.2) is 0 Å². The Morgan fingerprint density at radius 2 is 2.06 bits per heavy atom. The summed E-state index contributed by atoms with van der Waals surface area (Å²) < 4.78 is 0. The van der Waals surface area contributed by atoms with Crippen LogP contribution < -0.4 is 5.73 Å². The second-order valence-electron chi connectivity index (χ2n) is 6.09. The molecule has 2 rings (SSSR count). The van der Waals surface area contributed by atoms with E-state index in [1.165, 1.54) is 64.6 Å². The lowest BCUT2D eigenvalue weighted by Crippen LogP contribution is -2.40. The summed E-state index contributed by atoms with van der Waals surface area (Å²) in [6.07, 6.45) is 9.75. The van der Waals surface area contributed by atoms with Crippen LogP contribution in [0.2, 0.25) is 0 Å². The lowest BCUT2D eigenvalue weighted by atomic mass is 9.86. The van der Waals surface area contributed by atoms with Crippen LogP contribution in [0.1, 0.15) is 51.9 Å². The van der Waals surface area contributed by atoms with E-state index < -0.39 is 0 Å². The van der Waals surface area contributed by atoms with E-state index in [0.717, 1.165) is 12.5 Å². The van der Waals surface area contributed by atoms with Gasteiger partial charge in [-0.1, -0.05) is 26.2 Å². The minimum absolute atomic E-state index is 0.487. The number of nitrogens with two attached hydrogens (primary N) is 1.